The van der Waals surface area contributed by atoms with Crippen LogP contribution in [-0.4, -0.2) is 29.3 Å². The van der Waals surface area contributed by atoms with Crippen LogP contribution in [0.2, 0.25) is 0 Å². The van der Waals surface area contributed by atoms with E-state index in [0.717, 1.165) is 24.8 Å². The highest BCUT2D eigenvalue weighted by Gasteiger charge is 2.21. The minimum Gasteiger partial charge on any atom is -0.493 e. The topological polar surface area (TPSA) is 84.6 Å². The van der Waals surface area contributed by atoms with Gasteiger partial charge in [-0.25, -0.2) is 0 Å². The van der Waals surface area contributed by atoms with Crippen molar-refractivity contribution >= 4 is 5.69 Å². The molecule has 0 unspecified atom stereocenters. The first-order valence-corrected chi connectivity index (χ1v) is 7.45. The highest BCUT2D eigenvalue weighted by Crippen LogP contribution is 2.26. The molecule has 1 aromatic rings. The molecule has 0 saturated heterocycles. The van der Waals surface area contributed by atoms with Gasteiger partial charge in [0, 0.05) is 36.9 Å². The molecule has 1 aliphatic rings. The van der Waals surface area contributed by atoms with Gasteiger partial charge in [-0.15, -0.1) is 0 Å². The average molecular weight is 294 g/mol. The molecule has 0 aromatic heterocycles. The Bertz CT molecular complexity index is 475. The Hall–Kier alpha value is -1.66. The normalized spacial score (nSPS) is 14.1. The van der Waals surface area contributed by atoms with Crippen LogP contribution in [0.3, 0.4) is 0 Å². The van der Waals surface area contributed by atoms with E-state index >= 15 is 0 Å². The predicted octanol–water partition coefficient (Wildman–Crippen LogP) is 2.39. The zero-order chi connectivity index (χ0) is 15.1. The number of non-ortho nitro benzene ring substituents is 1. The van der Waals surface area contributed by atoms with E-state index in [1.807, 2.05) is 0 Å². The highest BCUT2D eigenvalue weighted by atomic mass is 16.6. The number of rotatable bonds is 10. The number of nitro groups is 1. The van der Waals surface area contributed by atoms with Gasteiger partial charge in [0.25, 0.3) is 5.69 Å². The molecule has 0 spiro atoms. The maximum Gasteiger partial charge on any atom is 0.270 e. The Morgan fingerprint density at radius 2 is 2.14 bits per heavy atom. The maximum absolute atomic E-state index is 10.9. The van der Waals surface area contributed by atoms with Gasteiger partial charge in [-0.05, 0) is 38.2 Å². The largest absolute Gasteiger partial charge is 0.493 e. The van der Waals surface area contributed by atoms with Gasteiger partial charge in [0.15, 0.2) is 0 Å². The van der Waals surface area contributed by atoms with Crippen molar-refractivity contribution in [1.82, 2.24) is 5.32 Å². The molecule has 21 heavy (non-hydrogen) atoms. The lowest BCUT2D eigenvalue weighted by molar-refractivity contribution is -0.384. The molecule has 0 heterocycles. The number of aliphatic hydroxyl groups excluding tert-OH is 1. The van der Waals surface area contributed by atoms with Crippen LogP contribution in [0.5, 0.6) is 5.75 Å². The molecular formula is C15H22N2O4. The first-order chi connectivity index (χ1) is 10.2. The lowest BCUT2D eigenvalue weighted by Gasteiger charge is -2.12. The summed E-state index contributed by atoms with van der Waals surface area (Å²) >= 11 is 0. The van der Waals surface area contributed by atoms with Gasteiger partial charge < -0.3 is 15.2 Å². The van der Waals surface area contributed by atoms with Gasteiger partial charge >= 0.3 is 0 Å². The summed E-state index contributed by atoms with van der Waals surface area (Å²) in [5, 5.41) is 22.9. The molecule has 2 N–H and O–H groups in total. The summed E-state index contributed by atoms with van der Waals surface area (Å²) in [6.45, 7) is 1.36. The van der Waals surface area contributed by atoms with Crippen LogP contribution in [0.4, 0.5) is 5.69 Å². The molecule has 116 valence electrons. The fourth-order valence-corrected chi connectivity index (χ4v) is 2.07. The minimum atomic E-state index is -0.383. The van der Waals surface area contributed by atoms with Gasteiger partial charge in [0.2, 0.25) is 0 Å². The molecule has 0 bridgehead atoms. The monoisotopic (exact) mass is 294 g/mol. The van der Waals surface area contributed by atoms with Crippen molar-refractivity contribution in [3.05, 3.63) is 33.9 Å². The SMILES string of the molecule is O=[N+]([O-])c1ccc(OCCCCCO)c(CNC2CC2)c1. The van der Waals surface area contributed by atoms with E-state index in [4.69, 9.17) is 9.84 Å². The van der Waals surface area contributed by atoms with E-state index in [0.29, 0.717) is 24.9 Å². The summed E-state index contributed by atoms with van der Waals surface area (Å²) in [5.41, 5.74) is 0.925. The molecule has 1 aliphatic carbocycles. The summed E-state index contributed by atoms with van der Waals surface area (Å²) in [4.78, 5) is 10.5. The molecule has 0 radical (unpaired) electrons. The van der Waals surface area contributed by atoms with Crippen molar-refractivity contribution in [1.29, 1.82) is 0 Å². The van der Waals surface area contributed by atoms with Crippen LogP contribution >= 0.6 is 0 Å². The molecule has 2 rings (SSSR count). The van der Waals surface area contributed by atoms with E-state index < -0.39 is 0 Å². The first kappa shape index (κ1) is 15.7. The van der Waals surface area contributed by atoms with Crippen LogP contribution in [0.1, 0.15) is 37.7 Å². The number of ether oxygens (including phenoxy) is 1. The third kappa shape index (κ3) is 5.32. The molecule has 1 fully saturated rings. The smallest absolute Gasteiger partial charge is 0.270 e. The summed E-state index contributed by atoms with van der Waals surface area (Å²) < 4.78 is 5.73. The number of aliphatic hydroxyl groups is 1. The zero-order valence-electron chi connectivity index (χ0n) is 12.1. The maximum atomic E-state index is 10.9. The van der Waals surface area contributed by atoms with Crippen molar-refractivity contribution < 1.29 is 14.8 Å². The third-order valence-corrected chi connectivity index (χ3v) is 3.47. The Labute approximate surface area is 124 Å². The second-order valence-electron chi connectivity index (χ2n) is 5.34. The summed E-state index contributed by atoms with van der Waals surface area (Å²) in [6, 6.07) is 5.28. The lowest BCUT2D eigenvalue weighted by Crippen LogP contribution is -2.16. The number of benzene rings is 1. The van der Waals surface area contributed by atoms with Gasteiger partial charge in [-0.3, -0.25) is 10.1 Å². The van der Waals surface area contributed by atoms with Crippen molar-refractivity contribution in [3.8, 4) is 5.75 Å². The molecule has 0 atom stereocenters. The van der Waals surface area contributed by atoms with Crippen molar-refractivity contribution in [2.75, 3.05) is 13.2 Å². The lowest BCUT2D eigenvalue weighted by atomic mass is 10.1. The fraction of sp³-hybridized carbons (Fsp3) is 0.600. The fourth-order valence-electron chi connectivity index (χ4n) is 2.07. The average Bonchev–Trinajstić information content (AvgIpc) is 3.29. The number of unbranched alkanes of at least 4 members (excludes halogenated alkanes) is 2. The van der Waals surface area contributed by atoms with Crippen molar-refractivity contribution in [2.24, 2.45) is 0 Å². The van der Waals surface area contributed by atoms with Crippen molar-refractivity contribution in [3.63, 3.8) is 0 Å². The quantitative estimate of drug-likeness (QED) is 0.393. The minimum absolute atomic E-state index is 0.0928. The van der Waals surface area contributed by atoms with Crippen LogP contribution in [0, 0.1) is 10.1 Å². The van der Waals surface area contributed by atoms with Crippen LogP contribution < -0.4 is 10.1 Å². The van der Waals surface area contributed by atoms with Gasteiger partial charge in [-0.2, -0.15) is 0 Å². The van der Waals surface area contributed by atoms with Gasteiger partial charge in [0.1, 0.15) is 5.75 Å². The second kappa shape index (κ2) is 7.95. The highest BCUT2D eigenvalue weighted by molar-refractivity contribution is 5.43. The van der Waals surface area contributed by atoms with Crippen LogP contribution in [-0.2, 0) is 6.54 Å². The number of hydrogen-bond acceptors (Lipinski definition) is 5. The van der Waals surface area contributed by atoms with Crippen LogP contribution in [0.15, 0.2) is 18.2 Å². The molecule has 6 heteroatoms. The van der Waals surface area contributed by atoms with E-state index in [1.165, 1.54) is 18.9 Å². The number of hydrogen-bond donors (Lipinski definition) is 2. The van der Waals surface area contributed by atoms with Gasteiger partial charge in [0.05, 0.1) is 11.5 Å². The number of nitrogens with zero attached hydrogens (tertiary/aromatic N) is 1. The predicted molar refractivity (Wildman–Crippen MR) is 79.4 cm³/mol. The molecule has 6 nitrogen and oxygen atoms in total. The summed E-state index contributed by atoms with van der Waals surface area (Å²) in [7, 11) is 0. The summed E-state index contributed by atoms with van der Waals surface area (Å²) in [5.74, 6) is 0.706. The molecular weight excluding hydrogens is 272 g/mol. The standard InChI is InChI=1S/C15H22N2O4/c18-8-2-1-3-9-21-15-7-6-14(17(19)20)10-12(15)11-16-13-4-5-13/h6-7,10,13,16,18H,1-5,8-9,11H2. The van der Waals surface area contributed by atoms with E-state index in [-0.39, 0.29) is 17.2 Å². The Kier molecular flexibility index (Phi) is 5.95. The number of nitrogens with one attached hydrogen (secondary N) is 1. The summed E-state index contributed by atoms with van der Waals surface area (Å²) in [6.07, 6.45) is 4.91. The second-order valence-corrected chi connectivity index (χ2v) is 5.34. The Balaban J connectivity index is 1.94. The first-order valence-electron chi connectivity index (χ1n) is 7.45. The van der Waals surface area contributed by atoms with Crippen LogP contribution in [0.25, 0.3) is 0 Å². The van der Waals surface area contributed by atoms with E-state index in [1.54, 1.807) is 12.1 Å². The molecule has 1 saturated carbocycles. The Morgan fingerprint density at radius 3 is 2.81 bits per heavy atom. The van der Waals surface area contributed by atoms with Crippen molar-refractivity contribution in [2.45, 2.75) is 44.7 Å². The third-order valence-electron chi connectivity index (χ3n) is 3.47. The molecule has 0 aliphatic heterocycles. The van der Waals surface area contributed by atoms with E-state index in [9.17, 15) is 10.1 Å². The zero-order valence-corrected chi connectivity index (χ0v) is 12.1. The Morgan fingerprint density at radius 1 is 1.33 bits per heavy atom. The van der Waals surface area contributed by atoms with Gasteiger partial charge in [-0.1, -0.05) is 0 Å². The number of nitro benzene ring substituents is 1. The molecule has 1 aromatic carbocycles. The molecule has 0 amide bonds. The van der Waals surface area contributed by atoms with E-state index in [2.05, 4.69) is 5.32 Å².